The van der Waals surface area contributed by atoms with Crippen LogP contribution in [0.4, 0.5) is 0 Å². The van der Waals surface area contributed by atoms with Gasteiger partial charge in [0.25, 0.3) is 5.56 Å². The number of H-pyrrole nitrogens is 1. The molecule has 4 nitrogen and oxygen atoms in total. The molecule has 0 aliphatic carbocycles. The molecule has 1 fully saturated rings. The van der Waals surface area contributed by atoms with Crippen molar-refractivity contribution in [2.75, 3.05) is 12.3 Å². The lowest BCUT2D eigenvalue weighted by Crippen LogP contribution is -2.34. The molecule has 1 aromatic rings. The van der Waals surface area contributed by atoms with Gasteiger partial charge in [-0.25, -0.2) is 4.98 Å². The van der Waals surface area contributed by atoms with E-state index in [0.29, 0.717) is 6.04 Å². The van der Waals surface area contributed by atoms with Crippen LogP contribution in [-0.4, -0.2) is 28.3 Å². The maximum Gasteiger partial charge on any atom is 0.251 e. The third-order valence-corrected chi connectivity index (χ3v) is 3.87. The number of piperidine rings is 1. The monoisotopic (exact) mass is 253 g/mol. The summed E-state index contributed by atoms with van der Waals surface area (Å²) in [6.45, 7) is 3.00. The molecule has 2 N–H and O–H groups in total. The number of hydrogen-bond donors (Lipinski definition) is 2. The van der Waals surface area contributed by atoms with Crippen LogP contribution in [0.1, 0.15) is 31.4 Å². The minimum absolute atomic E-state index is 0.0595. The second kappa shape index (κ2) is 6.21. The van der Waals surface area contributed by atoms with E-state index < -0.39 is 0 Å². The van der Waals surface area contributed by atoms with E-state index in [2.05, 4.69) is 15.3 Å². The molecule has 17 heavy (non-hydrogen) atoms. The highest BCUT2D eigenvalue weighted by atomic mass is 32.2. The van der Waals surface area contributed by atoms with Crippen LogP contribution in [0, 0.1) is 6.92 Å². The second-order valence-electron chi connectivity index (χ2n) is 4.48. The van der Waals surface area contributed by atoms with Crippen molar-refractivity contribution < 1.29 is 0 Å². The molecule has 2 heterocycles. The van der Waals surface area contributed by atoms with Crippen molar-refractivity contribution in [1.82, 2.24) is 15.3 Å². The van der Waals surface area contributed by atoms with Crippen molar-refractivity contribution in [3.8, 4) is 0 Å². The van der Waals surface area contributed by atoms with Crippen LogP contribution in [0.3, 0.4) is 0 Å². The highest BCUT2D eigenvalue weighted by Crippen LogP contribution is 2.17. The van der Waals surface area contributed by atoms with Gasteiger partial charge in [-0.05, 0) is 32.7 Å². The molecule has 1 saturated heterocycles. The number of aromatic amines is 1. The SMILES string of the molecule is Cc1cc(=O)[nH]c(SCCC2CCCCN2)n1. The Kier molecular flexibility index (Phi) is 4.62. The molecular weight excluding hydrogens is 234 g/mol. The minimum atomic E-state index is -0.0595. The van der Waals surface area contributed by atoms with Gasteiger partial charge in [0.1, 0.15) is 0 Å². The first kappa shape index (κ1) is 12.6. The van der Waals surface area contributed by atoms with E-state index in [0.717, 1.165) is 29.6 Å². The summed E-state index contributed by atoms with van der Waals surface area (Å²) in [7, 11) is 0. The quantitative estimate of drug-likeness (QED) is 0.633. The van der Waals surface area contributed by atoms with Crippen LogP contribution in [-0.2, 0) is 0 Å². The Morgan fingerprint density at radius 2 is 2.41 bits per heavy atom. The summed E-state index contributed by atoms with van der Waals surface area (Å²) in [4.78, 5) is 18.3. The first-order valence-electron chi connectivity index (χ1n) is 6.18. The van der Waals surface area contributed by atoms with Gasteiger partial charge >= 0.3 is 0 Å². The van der Waals surface area contributed by atoms with Crippen molar-refractivity contribution in [3.05, 3.63) is 22.1 Å². The number of nitrogens with one attached hydrogen (secondary N) is 2. The number of nitrogens with zero attached hydrogens (tertiary/aromatic N) is 1. The summed E-state index contributed by atoms with van der Waals surface area (Å²) in [6, 6.07) is 2.17. The average Bonchev–Trinajstić information content (AvgIpc) is 2.29. The van der Waals surface area contributed by atoms with Gasteiger partial charge in [0.05, 0.1) is 0 Å². The summed E-state index contributed by atoms with van der Waals surface area (Å²) in [5.74, 6) is 1.00. The molecule has 1 aliphatic heterocycles. The Bertz CT molecular complexity index is 412. The molecular formula is C12H19N3OS. The Morgan fingerprint density at radius 1 is 1.53 bits per heavy atom. The summed E-state index contributed by atoms with van der Waals surface area (Å²) in [5, 5.41) is 4.26. The molecule has 1 aliphatic rings. The predicted octanol–water partition coefficient (Wildman–Crippen LogP) is 1.70. The average molecular weight is 253 g/mol. The van der Waals surface area contributed by atoms with Crippen molar-refractivity contribution in [3.63, 3.8) is 0 Å². The van der Waals surface area contributed by atoms with Gasteiger partial charge in [0, 0.05) is 23.6 Å². The lowest BCUT2D eigenvalue weighted by molar-refractivity contribution is 0.394. The second-order valence-corrected chi connectivity index (χ2v) is 5.56. The molecule has 0 spiro atoms. The van der Waals surface area contributed by atoms with E-state index in [9.17, 15) is 4.79 Å². The van der Waals surface area contributed by atoms with E-state index in [-0.39, 0.29) is 5.56 Å². The molecule has 0 aromatic carbocycles. The Labute approximate surface area is 106 Å². The van der Waals surface area contributed by atoms with Crippen LogP contribution in [0.25, 0.3) is 0 Å². The molecule has 1 atom stereocenters. The third-order valence-electron chi connectivity index (χ3n) is 2.97. The van der Waals surface area contributed by atoms with E-state index >= 15 is 0 Å². The molecule has 0 saturated carbocycles. The molecule has 5 heteroatoms. The van der Waals surface area contributed by atoms with Gasteiger partial charge in [0.2, 0.25) is 0 Å². The fourth-order valence-corrected chi connectivity index (χ4v) is 3.07. The molecule has 2 rings (SSSR count). The van der Waals surface area contributed by atoms with Crippen LogP contribution in [0.5, 0.6) is 0 Å². The van der Waals surface area contributed by atoms with Crippen LogP contribution >= 0.6 is 11.8 Å². The molecule has 1 aromatic heterocycles. The van der Waals surface area contributed by atoms with Crippen molar-refractivity contribution in [1.29, 1.82) is 0 Å². The molecule has 0 radical (unpaired) electrons. The smallest absolute Gasteiger partial charge is 0.251 e. The Morgan fingerprint density at radius 3 is 3.12 bits per heavy atom. The number of aromatic nitrogens is 2. The summed E-state index contributed by atoms with van der Waals surface area (Å²) in [6.07, 6.45) is 5.05. The largest absolute Gasteiger partial charge is 0.314 e. The first-order valence-corrected chi connectivity index (χ1v) is 7.17. The van der Waals surface area contributed by atoms with Gasteiger partial charge in [0.15, 0.2) is 5.16 Å². The number of aryl methyl sites for hydroxylation is 1. The third kappa shape index (κ3) is 4.16. The zero-order valence-electron chi connectivity index (χ0n) is 10.2. The maximum atomic E-state index is 11.3. The highest BCUT2D eigenvalue weighted by Gasteiger charge is 2.12. The summed E-state index contributed by atoms with van der Waals surface area (Å²) in [5.41, 5.74) is 0.725. The lowest BCUT2D eigenvalue weighted by atomic mass is 10.0. The van der Waals surface area contributed by atoms with E-state index in [1.54, 1.807) is 11.8 Å². The van der Waals surface area contributed by atoms with Gasteiger partial charge in [-0.15, -0.1) is 0 Å². The number of hydrogen-bond acceptors (Lipinski definition) is 4. The highest BCUT2D eigenvalue weighted by molar-refractivity contribution is 7.99. The minimum Gasteiger partial charge on any atom is -0.314 e. The van der Waals surface area contributed by atoms with E-state index in [1.165, 1.54) is 25.3 Å². The van der Waals surface area contributed by atoms with Crippen molar-refractivity contribution in [2.45, 2.75) is 43.8 Å². The number of thioether (sulfide) groups is 1. The standard InChI is InChI=1S/C12H19N3OS/c1-9-8-11(16)15-12(14-9)17-7-5-10-4-2-3-6-13-10/h8,10,13H,2-7H2,1H3,(H,14,15,16). The van der Waals surface area contributed by atoms with Gasteiger partial charge in [-0.1, -0.05) is 18.2 Å². The van der Waals surface area contributed by atoms with E-state index in [4.69, 9.17) is 0 Å². The summed E-state index contributed by atoms with van der Waals surface area (Å²) < 4.78 is 0. The Balaban J connectivity index is 1.79. The van der Waals surface area contributed by atoms with Gasteiger partial charge in [-0.3, -0.25) is 4.79 Å². The summed E-state index contributed by atoms with van der Waals surface area (Å²) >= 11 is 1.64. The van der Waals surface area contributed by atoms with Gasteiger partial charge in [-0.2, -0.15) is 0 Å². The lowest BCUT2D eigenvalue weighted by Gasteiger charge is -2.22. The zero-order valence-corrected chi connectivity index (χ0v) is 11.0. The molecule has 94 valence electrons. The van der Waals surface area contributed by atoms with Crippen LogP contribution in [0.15, 0.2) is 16.0 Å². The first-order chi connectivity index (χ1) is 8.24. The molecule has 0 bridgehead atoms. The maximum absolute atomic E-state index is 11.3. The predicted molar refractivity (Wildman–Crippen MR) is 70.6 cm³/mol. The normalized spacial score (nSPS) is 20.4. The van der Waals surface area contributed by atoms with Crippen LogP contribution in [0.2, 0.25) is 0 Å². The Hall–Kier alpha value is -0.810. The van der Waals surface area contributed by atoms with Crippen LogP contribution < -0.4 is 10.9 Å². The fraction of sp³-hybridized carbons (Fsp3) is 0.667. The topological polar surface area (TPSA) is 57.8 Å². The molecule has 1 unspecified atom stereocenters. The van der Waals surface area contributed by atoms with Crippen molar-refractivity contribution in [2.24, 2.45) is 0 Å². The van der Waals surface area contributed by atoms with E-state index in [1.807, 2.05) is 6.92 Å². The van der Waals surface area contributed by atoms with Gasteiger partial charge < -0.3 is 10.3 Å². The zero-order chi connectivity index (χ0) is 12.1. The van der Waals surface area contributed by atoms with Crippen molar-refractivity contribution >= 4 is 11.8 Å². The number of rotatable bonds is 4. The fourth-order valence-electron chi connectivity index (χ4n) is 2.09. The molecule has 0 amide bonds.